The maximum absolute atomic E-state index is 5.59. The quantitative estimate of drug-likeness (QED) is 0.575. The van der Waals surface area contributed by atoms with E-state index in [1.807, 2.05) is 0 Å². The van der Waals surface area contributed by atoms with Crippen LogP contribution in [0.1, 0.15) is 6.42 Å². The van der Waals surface area contributed by atoms with Gasteiger partial charge in [-0.05, 0) is 6.42 Å². The summed E-state index contributed by atoms with van der Waals surface area (Å²) in [7, 11) is 1.77. The molecule has 2 nitrogen and oxygen atoms in total. The summed E-state index contributed by atoms with van der Waals surface area (Å²) in [5, 5.41) is 0. The lowest BCUT2D eigenvalue weighted by Crippen LogP contribution is -2.24. The molecule has 0 N–H and O–H groups in total. The molecule has 1 aliphatic rings. The van der Waals surface area contributed by atoms with Crippen molar-refractivity contribution in [1.82, 2.24) is 4.90 Å². The van der Waals surface area contributed by atoms with E-state index in [4.69, 9.17) is 16.3 Å². The van der Waals surface area contributed by atoms with E-state index in [-0.39, 0.29) is 0 Å². The molecule has 0 aromatic carbocycles. The molecular weight excluding hydrogens is 150 g/mol. The second-order valence-corrected chi connectivity index (χ2v) is 3.01. The smallest absolute Gasteiger partial charge is 0.0710 e. The summed E-state index contributed by atoms with van der Waals surface area (Å²) in [6, 6.07) is 0. The lowest BCUT2D eigenvalue weighted by molar-refractivity contribution is 0.109. The predicted octanol–water partition coefficient (Wildman–Crippen LogP) is 0.946. The SMILES string of the molecule is CO[C@H]1CCN(CCCl)C1. The highest BCUT2D eigenvalue weighted by atomic mass is 35.5. The fourth-order valence-corrected chi connectivity index (χ4v) is 1.55. The van der Waals surface area contributed by atoms with Gasteiger partial charge >= 0.3 is 0 Å². The number of hydrogen-bond acceptors (Lipinski definition) is 2. The molecule has 60 valence electrons. The van der Waals surface area contributed by atoms with Crippen molar-refractivity contribution in [2.75, 3.05) is 32.6 Å². The Balaban J connectivity index is 2.15. The summed E-state index contributed by atoms with van der Waals surface area (Å²) >= 11 is 5.59. The van der Waals surface area contributed by atoms with Gasteiger partial charge in [0.1, 0.15) is 0 Å². The monoisotopic (exact) mass is 163 g/mol. The Kier molecular flexibility index (Phi) is 3.46. The van der Waals surface area contributed by atoms with Gasteiger partial charge in [0.15, 0.2) is 0 Å². The Bertz CT molecular complexity index is 99.6. The second-order valence-electron chi connectivity index (χ2n) is 2.64. The Labute approximate surface area is 67.1 Å². The normalized spacial score (nSPS) is 27.6. The van der Waals surface area contributed by atoms with Crippen LogP contribution in [0.5, 0.6) is 0 Å². The van der Waals surface area contributed by atoms with Gasteiger partial charge in [0.25, 0.3) is 0 Å². The summed E-state index contributed by atoms with van der Waals surface area (Å²) in [6.07, 6.45) is 1.61. The molecule has 0 spiro atoms. The van der Waals surface area contributed by atoms with Gasteiger partial charge in [-0.25, -0.2) is 0 Å². The minimum atomic E-state index is 0.447. The molecule has 0 aliphatic carbocycles. The van der Waals surface area contributed by atoms with Crippen molar-refractivity contribution in [1.29, 1.82) is 0 Å². The van der Waals surface area contributed by atoms with Crippen molar-refractivity contribution in [3.8, 4) is 0 Å². The molecule has 1 saturated heterocycles. The first-order valence-electron chi connectivity index (χ1n) is 3.68. The van der Waals surface area contributed by atoms with Crippen LogP contribution >= 0.6 is 11.6 Å². The standard InChI is InChI=1S/C7H14ClNO/c1-10-7-2-4-9(6-7)5-3-8/h7H,2-6H2,1H3/t7-/m0/s1. The van der Waals surface area contributed by atoms with Crippen LogP contribution < -0.4 is 0 Å². The molecule has 3 heteroatoms. The van der Waals surface area contributed by atoms with Crippen LogP contribution in [0, 0.1) is 0 Å². The van der Waals surface area contributed by atoms with E-state index in [1.54, 1.807) is 7.11 Å². The number of ether oxygens (including phenoxy) is 1. The van der Waals surface area contributed by atoms with Crippen LogP contribution in [0.15, 0.2) is 0 Å². The maximum Gasteiger partial charge on any atom is 0.0710 e. The van der Waals surface area contributed by atoms with Crippen molar-refractivity contribution in [2.45, 2.75) is 12.5 Å². The number of likely N-dealkylation sites (tertiary alicyclic amines) is 1. The van der Waals surface area contributed by atoms with Gasteiger partial charge in [0, 0.05) is 32.6 Å². The molecule has 0 amide bonds. The van der Waals surface area contributed by atoms with Crippen molar-refractivity contribution in [2.24, 2.45) is 0 Å². The first-order valence-corrected chi connectivity index (χ1v) is 4.21. The maximum atomic E-state index is 5.59. The Morgan fingerprint density at radius 3 is 3.00 bits per heavy atom. The molecule has 1 heterocycles. The number of alkyl halides is 1. The highest BCUT2D eigenvalue weighted by molar-refractivity contribution is 6.18. The first kappa shape index (κ1) is 8.31. The average Bonchev–Trinajstić information content (AvgIpc) is 2.37. The lowest BCUT2D eigenvalue weighted by atomic mass is 10.3. The second kappa shape index (κ2) is 4.16. The molecule has 1 atom stereocenters. The molecule has 1 rings (SSSR count). The van der Waals surface area contributed by atoms with Crippen LogP contribution in [0.2, 0.25) is 0 Å². The average molecular weight is 164 g/mol. The number of methoxy groups -OCH3 is 1. The zero-order chi connectivity index (χ0) is 7.40. The van der Waals surface area contributed by atoms with Crippen molar-refractivity contribution < 1.29 is 4.74 Å². The van der Waals surface area contributed by atoms with Crippen LogP contribution in [-0.4, -0.2) is 43.6 Å². The van der Waals surface area contributed by atoms with Gasteiger partial charge in [-0.15, -0.1) is 11.6 Å². The predicted molar refractivity (Wildman–Crippen MR) is 42.6 cm³/mol. The molecule has 1 fully saturated rings. The van der Waals surface area contributed by atoms with Crippen LogP contribution in [0.4, 0.5) is 0 Å². The number of hydrogen-bond donors (Lipinski definition) is 0. The third-order valence-electron chi connectivity index (χ3n) is 1.96. The van der Waals surface area contributed by atoms with E-state index in [0.29, 0.717) is 6.10 Å². The van der Waals surface area contributed by atoms with E-state index in [1.165, 1.54) is 0 Å². The Morgan fingerprint density at radius 2 is 2.50 bits per heavy atom. The number of halogens is 1. The Hall–Kier alpha value is 0.210. The van der Waals surface area contributed by atoms with Gasteiger partial charge in [-0.3, -0.25) is 4.90 Å². The van der Waals surface area contributed by atoms with Crippen LogP contribution in [0.3, 0.4) is 0 Å². The summed E-state index contributed by atoms with van der Waals surface area (Å²) in [5.41, 5.74) is 0. The van der Waals surface area contributed by atoms with Crippen molar-refractivity contribution in [3.63, 3.8) is 0 Å². The largest absolute Gasteiger partial charge is 0.380 e. The van der Waals surface area contributed by atoms with Crippen LogP contribution in [0.25, 0.3) is 0 Å². The van der Waals surface area contributed by atoms with E-state index in [2.05, 4.69) is 4.90 Å². The van der Waals surface area contributed by atoms with Gasteiger partial charge in [0.2, 0.25) is 0 Å². The van der Waals surface area contributed by atoms with E-state index < -0.39 is 0 Å². The minimum absolute atomic E-state index is 0.447. The summed E-state index contributed by atoms with van der Waals surface area (Å²) in [6.45, 7) is 3.20. The van der Waals surface area contributed by atoms with Gasteiger partial charge < -0.3 is 4.74 Å². The zero-order valence-corrected chi connectivity index (χ0v) is 7.10. The molecular formula is C7H14ClNO. The summed E-state index contributed by atoms with van der Waals surface area (Å²) in [4.78, 5) is 2.33. The molecule has 0 aromatic rings. The van der Waals surface area contributed by atoms with Gasteiger partial charge in [0.05, 0.1) is 6.10 Å². The molecule has 1 aliphatic heterocycles. The van der Waals surface area contributed by atoms with E-state index >= 15 is 0 Å². The third-order valence-corrected chi connectivity index (χ3v) is 2.13. The molecule has 0 saturated carbocycles. The first-order chi connectivity index (χ1) is 4.86. The molecule has 0 radical (unpaired) electrons. The van der Waals surface area contributed by atoms with Gasteiger partial charge in [-0.2, -0.15) is 0 Å². The highest BCUT2D eigenvalue weighted by Gasteiger charge is 2.20. The third kappa shape index (κ3) is 2.11. The number of rotatable bonds is 3. The Morgan fingerprint density at radius 1 is 1.70 bits per heavy atom. The topological polar surface area (TPSA) is 12.5 Å². The van der Waals surface area contributed by atoms with Crippen molar-refractivity contribution in [3.05, 3.63) is 0 Å². The highest BCUT2D eigenvalue weighted by Crippen LogP contribution is 2.10. The molecule has 0 aromatic heterocycles. The minimum Gasteiger partial charge on any atom is -0.380 e. The fraction of sp³-hybridized carbons (Fsp3) is 1.00. The molecule has 0 bridgehead atoms. The summed E-state index contributed by atoms with van der Waals surface area (Å²) in [5.74, 6) is 0.733. The lowest BCUT2D eigenvalue weighted by Gasteiger charge is -2.12. The fourth-order valence-electron chi connectivity index (χ4n) is 1.31. The zero-order valence-electron chi connectivity index (χ0n) is 6.35. The van der Waals surface area contributed by atoms with E-state index in [0.717, 1.165) is 31.9 Å². The van der Waals surface area contributed by atoms with Crippen LogP contribution in [-0.2, 0) is 4.74 Å². The van der Waals surface area contributed by atoms with Gasteiger partial charge in [-0.1, -0.05) is 0 Å². The molecule has 0 unspecified atom stereocenters. The number of nitrogens with zero attached hydrogens (tertiary/aromatic N) is 1. The summed E-state index contributed by atoms with van der Waals surface area (Å²) < 4.78 is 5.20. The molecule has 10 heavy (non-hydrogen) atoms. The van der Waals surface area contributed by atoms with E-state index in [9.17, 15) is 0 Å². The van der Waals surface area contributed by atoms with Crippen molar-refractivity contribution >= 4 is 11.6 Å².